The van der Waals surface area contributed by atoms with Crippen LogP contribution in [0.4, 0.5) is 0 Å². The number of para-hydroxylation sites is 1. The molecule has 132 valence electrons. The summed E-state index contributed by atoms with van der Waals surface area (Å²) < 4.78 is 5.67. The van der Waals surface area contributed by atoms with Crippen molar-refractivity contribution in [3.63, 3.8) is 0 Å². The van der Waals surface area contributed by atoms with Crippen molar-refractivity contribution >= 4 is 22.1 Å². The van der Waals surface area contributed by atoms with Gasteiger partial charge < -0.3 is 9.40 Å². The number of rotatable bonds is 4. The minimum Gasteiger partial charge on any atom is -0.449 e. The summed E-state index contributed by atoms with van der Waals surface area (Å²) in [5.74, 6) is 1.45. The molecule has 1 fully saturated rings. The van der Waals surface area contributed by atoms with Gasteiger partial charge in [-0.1, -0.05) is 38.3 Å². The van der Waals surface area contributed by atoms with Crippen LogP contribution in [0.1, 0.15) is 44.9 Å². The van der Waals surface area contributed by atoms with Gasteiger partial charge in [0.25, 0.3) is 5.56 Å². The van der Waals surface area contributed by atoms with Gasteiger partial charge in [-0.2, -0.15) is 0 Å². The maximum Gasteiger partial charge on any atom is 0.294 e. The lowest BCUT2D eigenvalue weighted by atomic mass is 9.82. The monoisotopic (exact) mass is 339 g/mol. The maximum absolute atomic E-state index is 12.4. The molecule has 0 bridgehead atoms. The molecule has 0 aliphatic heterocycles. The molecule has 2 atom stereocenters. The van der Waals surface area contributed by atoms with Gasteiger partial charge in [-0.25, -0.2) is 4.98 Å². The van der Waals surface area contributed by atoms with Gasteiger partial charge in [0, 0.05) is 11.4 Å². The molecule has 0 radical (unpaired) electrons. The molecule has 1 saturated carbocycles. The zero-order valence-electron chi connectivity index (χ0n) is 14.9. The number of aromatic amines is 1. The molecular formula is C20H25N3O2. The van der Waals surface area contributed by atoms with E-state index in [4.69, 9.17) is 9.40 Å². The van der Waals surface area contributed by atoms with Crippen molar-refractivity contribution < 1.29 is 4.42 Å². The van der Waals surface area contributed by atoms with Gasteiger partial charge in [-0.05, 0) is 37.9 Å². The van der Waals surface area contributed by atoms with Crippen LogP contribution in [0.5, 0.6) is 0 Å². The summed E-state index contributed by atoms with van der Waals surface area (Å²) >= 11 is 0. The second-order valence-corrected chi connectivity index (χ2v) is 7.22. The second-order valence-electron chi connectivity index (χ2n) is 7.22. The highest BCUT2D eigenvalue weighted by atomic mass is 16.3. The largest absolute Gasteiger partial charge is 0.449 e. The first-order chi connectivity index (χ1) is 12.2. The first kappa shape index (κ1) is 16.3. The molecule has 2 heterocycles. The van der Waals surface area contributed by atoms with E-state index in [1.807, 2.05) is 24.3 Å². The molecule has 3 aromatic rings. The molecule has 0 spiro atoms. The minimum atomic E-state index is -0.194. The molecule has 4 rings (SSSR count). The molecule has 5 nitrogen and oxygen atoms in total. The third-order valence-corrected chi connectivity index (χ3v) is 5.64. The Kier molecular flexibility index (Phi) is 4.34. The predicted molar refractivity (Wildman–Crippen MR) is 99.6 cm³/mol. The lowest BCUT2D eigenvalue weighted by Gasteiger charge is -2.37. The molecule has 0 amide bonds. The summed E-state index contributed by atoms with van der Waals surface area (Å²) in [4.78, 5) is 22.4. The summed E-state index contributed by atoms with van der Waals surface area (Å²) in [5.41, 5.74) is 1.50. The molecule has 1 aliphatic rings. The molecule has 0 saturated heterocycles. The van der Waals surface area contributed by atoms with Crippen LogP contribution in [0.2, 0.25) is 0 Å². The van der Waals surface area contributed by atoms with Crippen molar-refractivity contribution in [1.82, 2.24) is 14.9 Å². The topological polar surface area (TPSA) is 62.1 Å². The smallest absolute Gasteiger partial charge is 0.294 e. The Hall–Kier alpha value is -2.14. The van der Waals surface area contributed by atoms with Crippen LogP contribution < -0.4 is 5.56 Å². The zero-order valence-corrected chi connectivity index (χ0v) is 14.9. The van der Waals surface area contributed by atoms with Gasteiger partial charge in [-0.15, -0.1) is 0 Å². The summed E-state index contributed by atoms with van der Waals surface area (Å²) in [5, 5.41) is 0.900. The first-order valence-corrected chi connectivity index (χ1v) is 9.28. The van der Waals surface area contributed by atoms with Gasteiger partial charge in [0.15, 0.2) is 0 Å². The molecule has 25 heavy (non-hydrogen) atoms. The van der Waals surface area contributed by atoms with Gasteiger partial charge >= 0.3 is 0 Å². The van der Waals surface area contributed by atoms with Crippen molar-refractivity contribution in [2.24, 2.45) is 5.92 Å². The lowest BCUT2D eigenvalue weighted by Crippen LogP contribution is -2.40. The molecule has 1 aromatic carbocycles. The van der Waals surface area contributed by atoms with Crippen LogP contribution in [0.25, 0.3) is 22.1 Å². The van der Waals surface area contributed by atoms with E-state index in [2.05, 4.69) is 23.9 Å². The number of furan rings is 1. The Labute approximate surface area is 147 Å². The summed E-state index contributed by atoms with van der Waals surface area (Å²) in [7, 11) is 2.15. The van der Waals surface area contributed by atoms with E-state index in [1.54, 1.807) is 0 Å². The van der Waals surface area contributed by atoms with E-state index in [0.717, 1.165) is 11.3 Å². The minimum absolute atomic E-state index is 0.194. The Bertz CT molecular complexity index is 943. The first-order valence-electron chi connectivity index (χ1n) is 9.28. The quantitative estimate of drug-likeness (QED) is 0.778. The van der Waals surface area contributed by atoms with Crippen LogP contribution in [0, 0.1) is 5.92 Å². The standard InChI is InChI=1S/C20H25N3O2/c1-3-13-8-4-6-10-15(13)23(2)12-17-21-18-14-9-5-7-11-16(14)25-19(18)20(24)22-17/h5,7,9,11,13,15H,3-4,6,8,10,12H2,1-2H3,(H,21,22,24)/t13-,15+/m1/s1. The van der Waals surface area contributed by atoms with Gasteiger partial charge in [0.05, 0.1) is 6.54 Å². The third-order valence-electron chi connectivity index (χ3n) is 5.64. The van der Waals surface area contributed by atoms with Crippen molar-refractivity contribution in [2.75, 3.05) is 7.05 Å². The fraction of sp³-hybridized carbons (Fsp3) is 0.500. The van der Waals surface area contributed by atoms with E-state index < -0.39 is 0 Å². The molecule has 1 N–H and O–H groups in total. The van der Waals surface area contributed by atoms with E-state index in [9.17, 15) is 4.79 Å². The number of aromatic nitrogens is 2. The summed E-state index contributed by atoms with van der Waals surface area (Å²) in [6.07, 6.45) is 6.38. The van der Waals surface area contributed by atoms with E-state index in [0.29, 0.717) is 35.1 Å². The average molecular weight is 339 g/mol. The highest BCUT2D eigenvalue weighted by molar-refractivity contribution is 6.01. The molecular weight excluding hydrogens is 314 g/mol. The van der Waals surface area contributed by atoms with Crippen LogP contribution in [-0.2, 0) is 6.54 Å². The van der Waals surface area contributed by atoms with E-state index in [1.165, 1.54) is 32.1 Å². The Morgan fingerprint density at radius 3 is 2.92 bits per heavy atom. The number of benzene rings is 1. The lowest BCUT2D eigenvalue weighted by molar-refractivity contribution is 0.118. The Balaban J connectivity index is 1.67. The fourth-order valence-corrected chi connectivity index (χ4v) is 4.32. The van der Waals surface area contributed by atoms with Gasteiger partial charge in [-0.3, -0.25) is 9.69 Å². The van der Waals surface area contributed by atoms with Crippen LogP contribution >= 0.6 is 0 Å². The number of nitrogens with zero attached hydrogens (tertiary/aromatic N) is 2. The second kappa shape index (κ2) is 6.64. The van der Waals surface area contributed by atoms with Crippen LogP contribution in [0.15, 0.2) is 33.5 Å². The summed E-state index contributed by atoms with van der Waals surface area (Å²) in [6, 6.07) is 8.24. The number of hydrogen-bond acceptors (Lipinski definition) is 4. The third kappa shape index (κ3) is 2.97. The SMILES string of the molecule is CC[C@@H]1CCCC[C@@H]1N(C)Cc1nc2c(oc3ccccc32)c(=O)[nH]1. The number of hydrogen-bond donors (Lipinski definition) is 1. The average Bonchev–Trinajstić information content (AvgIpc) is 3.01. The fourth-order valence-electron chi connectivity index (χ4n) is 4.32. The molecule has 5 heteroatoms. The van der Waals surface area contributed by atoms with Crippen LogP contribution in [0.3, 0.4) is 0 Å². The number of H-pyrrole nitrogens is 1. The predicted octanol–water partition coefficient (Wildman–Crippen LogP) is 4.07. The Morgan fingerprint density at radius 1 is 1.28 bits per heavy atom. The summed E-state index contributed by atoms with van der Waals surface area (Å²) in [6.45, 7) is 2.94. The van der Waals surface area contributed by atoms with Crippen molar-refractivity contribution in [3.8, 4) is 0 Å². The zero-order chi connectivity index (χ0) is 17.4. The van der Waals surface area contributed by atoms with Crippen molar-refractivity contribution in [2.45, 2.75) is 51.6 Å². The molecule has 0 unspecified atom stereocenters. The highest BCUT2D eigenvalue weighted by Crippen LogP contribution is 2.31. The van der Waals surface area contributed by atoms with E-state index >= 15 is 0 Å². The maximum atomic E-state index is 12.4. The molecule has 1 aliphatic carbocycles. The highest BCUT2D eigenvalue weighted by Gasteiger charge is 2.27. The molecule has 2 aromatic heterocycles. The van der Waals surface area contributed by atoms with E-state index in [-0.39, 0.29) is 5.56 Å². The number of fused-ring (bicyclic) bond motifs is 3. The van der Waals surface area contributed by atoms with Gasteiger partial charge in [0.1, 0.15) is 16.9 Å². The normalized spacial score (nSPS) is 21.4. The Morgan fingerprint density at radius 2 is 2.08 bits per heavy atom. The van der Waals surface area contributed by atoms with Crippen molar-refractivity contribution in [1.29, 1.82) is 0 Å². The van der Waals surface area contributed by atoms with Crippen LogP contribution in [-0.4, -0.2) is 28.0 Å². The van der Waals surface area contributed by atoms with Gasteiger partial charge in [0.2, 0.25) is 5.58 Å². The number of nitrogens with one attached hydrogen (secondary N) is 1. The van der Waals surface area contributed by atoms with Crippen molar-refractivity contribution in [3.05, 3.63) is 40.4 Å².